The van der Waals surface area contributed by atoms with E-state index in [1.807, 2.05) is 6.92 Å². The Labute approximate surface area is 166 Å². The number of aliphatic hydroxyl groups excluding tert-OH is 1. The zero-order valence-corrected chi connectivity index (χ0v) is 16.9. The number of rotatable bonds is 10. The summed E-state index contributed by atoms with van der Waals surface area (Å²) >= 11 is 0. The van der Waals surface area contributed by atoms with Crippen LogP contribution in [-0.2, 0) is 4.79 Å². The maximum absolute atomic E-state index is 12.2. The molecule has 0 heterocycles. The van der Waals surface area contributed by atoms with Crippen molar-refractivity contribution in [3.05, 3.63) is 33.9 Å². The summed E-state index contributed by atoms with van der Waals surface area (Å²) in [6, 6.07) is 4.84. The van der Waals surface area contributed by atoms with E-state index in [0.29, 0.717) is 43.0 Å². The Balaban J connectivity index is 1.93. The van der Waals surface area contributed by atoms with Gasteiger partial charge in [0.2, 0.25) is 5.91 Å². The van der Waals surface area contributed by atoms with Gasteiger partial charge in [0.15, 0.2) is 0 Å². The summed E-state index contributed by atoms with van der Waals surface area (Å²) in [5.41, 5.74) is 0.150. The second-order valence-electron chi connectivity index (χ2n) is 7.49. The summed E-state index contributed by atoms with van der Waals surface area (Å²) in [5.74, 6) is 0.430. The number of nitrogens with zero attached hydrogens (tertiary/aromatic N) is 1. The van der Waals surface area contributed by atoms with Gasteiger partial charge in [-0.25, -0.2) is 0 Å². The normalized spacial score (nSPS) is 17.0. The monoisotopic (exact) mass is 392 g/mol. The smallest absolute Gasteiger partial charge is 0.278 e. The zero-order chi connectivity index (χ0) is 20.5. The molecular weight excluding hydrogens is 360 g/mol. The van der Waals surface area contributed by atoms with Gasteiger partial charge in [0, 0.05) is 12.5 Å². The Kier molecular flexibility index (Phi) is 8.70. The predicted molar refractivity (Wildman–Crippen MR) is 107 cm³/mol. The highest BCUT2D eigenvalue weighted by atomic mass is 16.6. The highest BCUT2D eigenvalue weighted by Crippen LogP contribution is 2.31. The van der Waals surface area contributed by atoms with Crippen LogP contribution in [0.25, 0.3) is 0 Å². The van der Waals surface area contributed by atoms with Gasteiger partial charge in [0.1, 0.15) is 5.75 Å². The Morgan fingerprint density at radius 1 is 1.29 bits per heavy atom. The first-order valence-corrected chi connectivity index (χ1v) is 10.4. The van der Waals surface area contributed by atoms with Crippen molar-refractivity contribution in [3.63, 3.8) is 0 Å². The van der Waals surface area contributed by atoms with Crippen molar-refractivity contribution < 1.29 is 19.6 Å². The second-order valence-corrected chi connectivity index (χ2v) is 7.49. The van der Waals surface area contributed by atoms with Crippen LogP contribution in [0.3, 0.4) is 0 Å². The number of nitrogens with one attached hydrogen (secondary N) is 1. The number of carbonyl (C=O) groups excluding carboxylic acids is 1. The molecule has 0 spiro atoms. The third-order valence-corrected chi connectivity index (χ3v) is 5.37. The van der Waals surface area contributed by atoms with Crippen molar-refractivity contribution in [2.45, 2.75) is 89.9 Å². The van der Waals surface area contributed by atoms with Gasteiger partial charge in [-0.05, 0) is 44.2 Å². The van der Waals surface area contributed by atoms with E-state index < -0.39 is 11.0 Å². The number of benzene rings is 1. The molecule has 0 bridgehead atoms. The van der Waals surface area contributed by atoms with Crippen molar-refractivity contribution in [1.29, 1.82) is 0 Å². The van der Waals surface area contributed by atoms with E-state index in [9.17, 15) is 20.0 Å². The van der Waals surface area contributed by atoms with Crippen molar-refractivity contribution in [3.8, 4) is 5.75 Å². The number of hydrogen-bond acceptors (Lipinski definition) is 5. The lowest BCUT2D eigenvalue weighted by Crippen LogP contribution is -2.36. The molecule has 2 rings (SSSR count). The fourth-order valence-electron chi connectivity index (χ4n) is 3.63. The van der Waals surface area contributed by atoms with Gasteiger partial charge in [0.05, 0.1) is 28.8 Å². The van der Waals surface area contributed by atoms with Crippen LogP contribution in [0.4, 0.5) is 5.69 Å². The molecule has 7 nitrogen and oxygen atoms in total. The lowest BCUT2D eigenvalue weighted by Gasteiger charge is -2.23. The van der Waals surface area contributed by atoms with Crippen LogP contribution in [0, 0.1) is 10.1 Å². The van der Waals surface area contributed by atoms with E-state index in [0.717, 1.165) is 12.8 Å². The van der Waals surface area contributed by atoms with Crippen molar-refractivity contribution in [1.82, 2.24) is 5.32 Å². The molecule has 1 saturated carbocycles. The SMILES string of the molecule is CCC(CCC(=O)NC1CCCCC1)Oc1ccc(C(O)CC)c([N+](=O)[O-])c1. The zero-order valence-electron chi connectivity index (χ0n) is 16.9. The molecule has 2 atom stereocenters. The quantitative estimate of drug-likeness (QED) is 0.453. The summed E-state index contributed by atoms with van der Waals surface area (Å²) in [7, 11) is 0. The minimum atomic E-state index is -0.875. The van der Waals surface area contributed by atoms with Crippen molar-refractivity contribution in [2.75, 3.05) is 0 Å². The van der Waals surface area contributed by atoms with Crippen LogP contribution < -0.4 is 10.1 Å². The lowest BCUT2D eigenvalue weighted by molar-refractivity contribution is -0.386. The number of carbonyl (C=O) groups is 1. The summed E-state index contributed by atoms with van der Waals surface area (Å²) in [4.78, 5) is 23.0. The molecule has 2 N–H and O–H groups in total. The number of aliphatic hydroxyl groups is 1. The van der Waals surface area contributed by atoms with Crippen LogP contribution >= 0.6 is 0 Å². The Hall–Kier alpha value is -2.15. The van der Waals surface area contributed by atoms with Crippen LogP contribution in [0.1, 0.15) is 83.3 Å². The average Bonchev–Trinajstić information content (AvgIpc) is 2.71. The van der Waals surface area contributed by atoms with Gasteiger partial charge in [-0.15, -0.1) is 0 Å². The molecular formula is C21H32N2O5. The summed E-state index contributed by atoms with van der Waals surface area (Å²) in [6.45, 7) is 3.73. The van der Waals surface area contributed by atoms with Crippen LogP contribution in [0.5, 0.6) is 5.75 Å². The summed E-state index contributed by atoms with van der Waals surface area (Å²) in [5, 5.41) is 24.4. The van der Waals surface area contributed by atoms with E-state index in [4.69, 9.17) is 4.74 Å². The molecule has 0 aromatic heterocycles. The Bertz CT molecular complexity index is 658. The largest absolute Gasteiger partial charge is 0.490 e. The molecule has 7 heteroatoms. The topological polar surface area (TPSA) is 102 Å². The molecule has 28 heavy (non-hydrogen) atoms. The predicted octanol–water partition coefficient (Wildman–Crippen LogP) is 4.42. The average molecular weight is 392 g/mol. The number of nitro benzene ring substituents is 1. The van der Waals surface area contributed by atoms with E-state index >= 15 is 0 Å². The van der Waals surface area contributed by atoms with E-state index in [-0.39, 0.29) is 17.7 Å². The van der Waals surface area contributed by atoms with E-state index in [1.165, 1.54) is 25.3 Å². The molecule has 0 radical (unpaired) electrons. The molecule has 1 aromatic rings. The van der Waals surface area contributed by atoms with Gasteiger partial charge < -0.3 is 15.2 Å². The van der Waals surface area contributed by atoms with Gasteiger partial charge >= 0.3 is 0 Å². The second kappa shape index (κ2) is 11.0. The summed E-state index contributed by atoms with van der Waals surface area (Å²) in [6.07, 6.45) is 6.67. The highest BCUT2D eigenvalue weighted by Gasteiger charge is 2.22. The third kappa shape index (κ3) is 6.48. The number of amides is 1. The minimum absolute atomic E-state index is 0.0429. The maximum Gasteiger partial charge on any atom is 0.278 e. The number of hydrogen-bond donors (Lipinski definition) is 2. The third-order valence-electron chi connectivity index (χ3n) is 5.37. The van der Waals surface area contributed by atoms with Gasteiger partial charge in [-0.3, -0.25) is 14.9 Å². The molecule has 1 fully saturated rings. The molecule has 0 saturated heterocycles. The van der Waals surface area contributed by atoms with E-state index in [2.05, 4.69) is 5.32 Å². The number of ether oxygens (including phenoxy) is 1. The fraction of sp³-hybridized carbons (Fsp3) is 0.667. The Morgan fingerprint density at radius 3 is 2.61 bits per heavy atom. The fourth-order valence-corrected chi connectivity index (χ4v) is 3.63. The van der Waals surface area contributed by atoms with Crippen molar-refractivity contribution in [2.24, 2.45) is 0 Å². The van der Waals surface area contributed by atoms with Gasteiger partial charge in [0.25, 0.3) is 5.69 Å². The Morgan fingerprint density at radius 2 is 2.00 bits per heavy atom. The first-order valence-electron chi connectivity index (χ1n) is 10.4. The van der Waals surface area contributed by atoms with E-state index in [1.54, 1.807) is 19.1 Å². The van der Waals surface area contributed by atoms with Crippen LogP contribution in [-0.4, -0.2) is 28.1 Å². The first kappa shape index (κ1) is 22.1. The maximum atomic E-state index is 12.2. The molecule has 1 amide bonds. The van der Waals surface area contributed by atoms with Crippen molar-refractivity contribution >= 4 is 11.6 Å². The molecule has 1 aromatic carbocycles. The molecule has 2 unspecified atom stereocenters. The van der Waals surface area contributed by atoms with Crippen LogP contribution in [0.2, 0.25) is 0 Å². The first-order chi connectivity index (χ1) is 13.4. The summed E-state index contributed by atoms with van der Waals surface area (Å²) < 4.78 is 5.90. The number of nitro groups is 1. The standard InChI is InChI=1S/C21H32N2O5/c1-3-16(11-13-21(25)22-15-8-6-5-7-9-15)28-17-10-12-18(20(24)4-2)19(14-17)23(26)27/h10,12,14-16,20,24H,3-9,11,13H2,1-2H3,(H,22,25). The van der Waals surface area contributed by atoms with Crippen LogP contribution in [0.15, 0.2) is 18.2 Å². The molecule has 0 aliphatic heterocycles. The molecule has 156 valence electrons. The molecule has 1 aliphatic rings. The minimum Gasteiger partial charge on any atom is -0.490 e. The molecule has 1 aliphatic carbocycles. The van der Waals surface area contributed by atoms with Gasteiger partial charge in [-0.1, -0.05) is 33.1 Å². The lowest BCUT2D eigenvalue weighted by atomic mass is 9.95. The van der Waals surface area contributed by atoms with Gasteiger partial charge in [-0.2, -0.15) is 0 Å². The highest BCUT2D eigenvalue weighted by molar-refractivity contribution is 5.76.